The minimum absolute atomic E-state index is 0.0400. The van der Waals surface area contributed by atoms with Crippen LogP contribution in [-0.2, 0) is 4.74 Å². The van der Waals surface area contributed by atoms with Crippen molar-refractivity contribution < 1.29 is 14.6 Å². The fourth-order valence-electron chi connectivity index (χ4n) is 1.85. The van der Waals surface area contributed by atoms with E-state index in [0.717, 1.165) is 5.56 Å². The summed E-state index contributed by atoms with van der Waals surface area (Å²) in [4.78, 5) is 11.3. The lowest BCUT2D eigenvalue weighted by Crippen LogP contribution is -2.23. The fourth-order valence-corrected chi connectivity index (χ4v) is 3.59. The van der Waals surface area contributed by atoms with Crippen LogP contribution in [0.2, 0.25) is 19.6 Å². The normalized spacial score (nSPS) is 12.4. The maximum Gasteiger partial charge on any atom is 0.337 e. The Morgan fingerprint density at radius 1 is 1.22 bits per heavy atom. The zero-order valence-electron chi connectivity index (χ0n) is 11.4. The van der Waals surface area contributed by atoms with Gasteiger partial charge in [0.15, 0.2) is 0 Å². The molecular weight excluding hydrogens is 244 g/mol. The zero-order valence-corrected chi connectivity index (χ0v) is 12.4. The minimum atomic E-state index is -1.52. The molecule has 1 aromatic rings. The number of carbonyl (C=O) groups is 1. The number of ether oxygens (including phenoxy) is 1. The van der Waals surface area contributed by atoms with E-state index in [-0.39, 0.29) is 12.6 Å². The highest BCUT2D eigenvalue weighted by molar-refractivity contribution is 6.93. The Hall–Kier alpha value is -1.39. The number of hydrogen-bond acceptors (Lipinski definition) is 3. The van der Waals surface area contributed by atoms with Gasteiger partial charge in [0.05, 0.1) is 27.4 Å². The molecule has 1 N–H and O–H groups in total. The second-order valence-corrected chi connectivity index (χ2v) is 10.2. The van der Waals surface area contributed by atoms with E-state index in [1.54, 1.807) is 12.1 Å². The van der Waals surface area contributed by atoms with Gasteiger partial charge in [-0.2, -0.15) is 0 Å². The first-order chi connectivity index (χ1) is 8.40. The summed E-state index contributed by atoms with van der Waals surface area (Å²) in [5.41, 5.74) is 1.61. The summed E-state index contributed by atoms with van der Waals surface area (Å²) in [6, 6.07) is 7.33. The molecule has 0 unspecified atom stereocenters. The molecule has 0 bridgehead atoms. The van der Waals surface area contributed by atoms with Crippen molar-refractivity contribution in [2.24, 2.45) is 0 Å². The lowest BCUT2D eigenvalue weighted by Gasteiger charge is -2.21. The summed E-state index contributed by atoms with van der Waals surface area (Å²) in [6.07, 6.45) is 1.86. The zero-order chi connectivity index (χ0) is 13.8. The van der Waals surface area contributed by atoms with E-state index in [4.69, 9.17) is 5.11 Å². The van der Waals surface area contributed by atoms with Gasteiger partial charge in [-0.15, -0.1) is 0 Å². The summed E-state index contributed by atoms with van der Waals surface area (Å²) in [5.74, 6) is -0.331. The molecule has 0 spiro atoms. The summed E-state index contributed by atoms with van der Waals surface area (Å²) >= 11 is 0. The SMILES string of the molecule is COC(=O)c1ccc(/C(=C\CO)[Si](C)(C)C)cc1. The minimum Gasteiger partial charge on any atom is -0.465 e. The van der Waals surface area contributed by atoms with Crippen LogP contribution in [0.25, 0.3) is 5.20 Å². The molecule has 1 aromatic carbocycles. The average molecular weight is 264 g/mol. The molecule has 0 fully saturated rings. The number of aliphatic hydroxyl groups excluding tert-OH is 1. The standard InChI is InChI=1S/C14H20O3Si/c1-17-14(16)12-7-5-11(6-8-12)13(9-10-15)18(2,3)4/h5-9,15H,10H2,1-4H3/b13-9+. The van der Waals surface area contributed by atoms with Gasteiger partial charge in [-0.05, 0) is 17.7 Å². The molecule has 98 valence electrons. The predicted molar refractivity (Wildman–Crippen MR) is 76.2 cm³/mol. The van der Waals surface area contributed by atoms with Crippen LogP contribution in [0.4, 0.5) is 0 Å². The number of methoxy groups -OCH3 is 1. The summed E-state index contributed by atoms with van der Waals surface area (Å²) in [6.45, 7) is 6.71. The van der Waals surface area contributed by atoms with E-state index >= 15 is 0 Å². The van der Waals surface area contributed by atoms with Gasteiger partial charge in [-0.3, -0.25) is 0 Å². The predicted octanol–water partition coefficient (Wildman–Crippen LogP) is 2.73. The number of esters is 1. The Labute approximate surface area is 109 Å². The second kappa shape index (κ2) is 5.98. The number of rotatable bonds is 4. The topological polar surface area (TPSA) is 46.5 Å². The molecule has 0 radical (unpaired) electrons. The highest BCUT2D eigenvalue weighted by atomic mass is 28.3. The smallest absolute Gasteiger partial charge is 0.337 e. The van der Waals surface area contributed by atoms with Crippen molar-refractivity contribution in [3.63, 3.8) is 0 Å². The molecule has 4 heteroatoms. The molecule has 0 saturated heterocycles. The molecular formula is C14H20O3Si. The van der Waals surface area contributed by atoms with Crippen LogP contribution in [-0.4, -0.2) is 32.9 Å². The first-order valence-electron chi connectivity index (χ1n) is 5.90. The third-order valence-electron chi connectivity index (χ3n) is 2.72. The molecule has 0 atom stereocenters. The third-order valence-corrected chi connectivity index (χ3v) is 4.83. The van der Waals surface area contributed by atoms with Crippen molar-refractivity contribution in [1.29, 1.82) is 0 Å². The van der Waals surface area contributed by atoms with Gasteiger partial charge in [0.2, 0.25) is 0 Å². The molecule has 1 rings (SSSR count). The molecule has 3 nitrogen and oxygen atoms in total. The van der Waals surface area contributed by atoms with Crippen LogP contribution < -0.4 is 0 Å². The van der Waals surface area contributed by atoms with Gasteiger partial charge < -0.3 is 9.84 Å². The highest BCUT2D eigenvalue weighted by Gasteiger charge is 2.20. The van der Waals surface area contributed by atoms with E-state index in [2.05, 4.69) is 24.4 Å². The number of carbonyl (C=O) groups excluding carboxylic acids is 1. The largest absolute Gasteiger partial charge is 0.465 e. The number of aliphatic hydroxyl groups is 1. The first kappa shape index (κ1) is 14.7. The summed E-state index contributed by atoms with van der Waals surface area (Å²) in [5, 5.41) is 10.3. The lowest BCUT2D eigenvalue weighted by molar-refractivity contribution is 0.0600. The van der Waals surface area contributed by atoms with Gasteiger partial charge in [-0.25, -0.2) is 4.79 Å². The Kier molecular flexibility index (Phi) is 4.87. The Bertz CT molecular complexity index is 441. The van der Waals surface area contributed by atoms with Gasteiger partial charge in [0.25, 0.3) is 0 Å². The molecule has 0 aliphatic heterocycles. The Morgan fingerprint density at radius 3 is 2.11 bits per heavy atom. The molecule has 0 amide bonds. The maximum atomic E-state index is 11.3. The monoisotopic (exact) mass is 264 g/mol. The van der Waals surface area contributed by atoms with Crippen LogP contribution >= 0.6 is 0 Å². The average Bonchev–Trinajstić information content (AvgIpc) is 2.34. The van der Waals surface area contributed by atoms with Crippen molar-refractivity contribution in [3.05, 3.63) is 41.5 Å². The van der Waals surface area contributed by atoms with Crippen LogP contribution in [0.15, 0.2) is 30.3 Å². The molecule has 0 aliphatic carbocycles. The van der Waals surface area contributed by atoms with Gasteiger partial charge >= 0.3 is 5.97 Å². The van der Waals surface area contributed by atoms with Crippen molar-refractivity contribution in [3.8, 4) is 0 Å². The summed E-state index contributed by atoms with van der Waals surface area (Å²) < 4.78 is 4.67. The van der Waals surface area contributed by atoms with E-state index in [9.17, 15) is 4.79 Å². The summed E-state index contributed by atoms with van der Waals surface area (Å²) in [7, 11) is -0.146. The van der Waals surface area contributed by atoms with Gasteiger partial charge in [0.1, 0.15) is 0 Å². The second-order valence-electron chi connectivity index (χ2n) is 5.12. The number of benzene rings is 1. The lowest BCUT2D eigenvalue weighted by atomic mass is 10.1. The van der Waals surface area contributed by atoms with Crippen LogP contribution in [0.1, 0.15) is 15.9 Å². The van der Waals surface area contributed by atoms with Crippen LogP contribution in [0.5, 0.6) is 0 Å². The van der Waals surface area contributed by atoms with E-state index in [1.807, 2.05) is 18.2 Å². The quantitative estimate of drug-likeness (QED) is 0.672. The molecule has 0 saturated carbocycles. The van der Waals surface area contributed by atoms with Crippen LogP contribution in [0, 0.1) is 0 Å². The van der Waals surface area contributed by atoms with E-state index < -0.39 is 8.07 Å². The molecule has 0 aliphatic rings. The van der Waals surface area contributed by atoms with Crippen molar-refractivity contribution in [2.45, 2.75) is 19.6 Å². The van der Waals surface area contributed by atoms with Gasteiger partial charge in [0, 0.05) is 0 Å². The van der Waals surface area contributed by atoms with Crippen molar-refractivity contribution >= 4 is 19.2 Å². The first-order valence-corrected chi connectivity index (χ1v) is 9.40. The van der Waals surface area contributed by atoms with Crippen molar-refractivity contribution in [2.75, 3.05) is 13.7 Å². The third kappa shape index (κ3) is 3.55. The van der Waals surface area contributed by atoms with E-state index in [1.165, 1.54) is 12.3 Å². The van der Waals surface area contributed by atoms with Crippen LogP contribution in [0.3, 0.4) is 0 Å². The maximum absolute atomic E-state index is 11.3. The van der Waals surface area contributed by atoms with Crippen molar-refractivity contribution in [1.82, 2.24) is 0 Å². The fraction of sp³-hybridized carbons (Fsp3) is 0.357. The Morgan fingerprint density at radius 2 is 1.72 bits per heavy atom. The molecule has 0 aromatic heterocycles. The molecule has 18 heavy (non-hydrogen) atoms. The molecule has 0 heterocycles. The Balaban J connectivity index is 3.10. The van der Waals surface area contributed by atoms with Gasteiger partial charge in [-0.1, -0.05) is 43.0 Å². The van der Waals surface area contributed by atoms with E-state index in [0.29, 0.717) is 5.56 Å². The highest BCUT2D eigenvalue weighted by Crippen LogP contribution is 2.26. The number of hydrogen-bond donors (Lipinski definition) is 1.